The zero-order valence-electron chi connectivity index (χ0n) is 15.4. The van der Waals surface area contributed by atoms with Crippen LogP contribution in [0.5, 0.6) is 0 Å². The molecular weight excluding hydrogens is 450 g/mol. The van der Waals surface area contributed by atoms with Gasteiger partial charge in [-0.25, -0.2) is 0 Å². The van der Waals surface area contributed by atoms with Gasteiger partial charge in [-0.3, -0.25) is 0 Å². The Bertz CT molecular complexity index is 929. The Balaban J connectivity index is 0.00000105. The molecule has 0 atom stereocenters. The second-order valence-electron chi connectivity index (χ2n) is 7.46. The molecule has 5 rings (SSSR count). The first-order chi connectivity index (χ1) is 12.4. The molecule has 0 saturated heterocycles. The first-order valence-corrected chi connectivity index (χ1v) is 12.1. The summed E-state index contributed by atoms with van der Waals surface area (Å²) in [7, 11) is 0. The maximum atomic E-state index is 2.44. The molecule has 137 valence electrons. The van der Waals surface area contributed by atoms with Crippen LogP contribution < -0.4 is 28.1 Å². The van der Waals surface area contributed by atoms with Crippen molar-refractivity contribution in [2.75, 3.05) is 0 Å². The van der Waals surface area contributed by atoms with Crippen LogP contribution in [-0.4, -0.2) is 3.21 Å². The molecule has 0 bridgehead atoms. The molecule has 1 fully saturated rings. The molecule has 2 aromatic carbocycles. The second-order valence-corrected chi connectivity index (χ2v) is 11.0. The molecule has 0 aromatic heterocycles. The molecule has 2 aromatic rings. The summed E-state index contributed by atoms with van der Waals surface area (Å²) in [6.07, 6.45) is 16.3. The summed E-state index contributed by atoms with van der Waals surface area (Å²) >= 11 is -0.645. The van der Waals surface area contributed by atoms with E-state index in [-0.39, 0.29) is 24.8 Å². The van der Waals surface area contributed by atoms with E-state index in [9.17, 15) is 0 Å². The molecule has 3 aliphatic carbocycles. The van der Waals surface area contributed by atoms with E-state index in [1.807, 2.05) is 3.21 Å². The van der Waals surface area contributed by atoms with Gasteiger partial charge in [-0.2, -0.15) is 0 Å². The monoisotopic (exact) mass is 471 g/mol. The summed E-state index contributed by atoms with van der Waals surface area (Å²) in [6.45, 7) is 0. The van der Waals surface area contributed by atoms with Crippen LogP contribution in [0.4, 0.5) is 0 Å². The van der Waals surface area contributed by atoms with Crippen molar-refractivity contribution in [3.63, 3.8) is 0 Å². The minimum atomic E-state index is -0.645. The molecule has 0 unspecified atom stereocenters. The van der Waals surface area contributed by atoms with Crippen LogP contribution in [0.15, 0.2) is 54.6 Å². The molecule has 0 aliphatic heterocycles. The molecular formula is C24H23Cl2Zr. The predicted molar refractivity (Wildman–Crippen MR) is 104 cm³/mol. The number of halogens is 2. The van der Waals surface area contributed by atoms with Crippen LogP contribution in [0.2, 0.25) is 0 Å². The van der Waals surface area contributed by atoms with Crippen LogP contribution in [0, 0.1) is 0 Å². The third-order valence-corrected chi connectivity index (χ3v) is 9.98. The molecule has 27 heavy (non-hydrogen) atoms. The Morgan fingerprint density at radius 3 is 2.33 bits per heavy atom. The van der Waals surface area contributed by atoms with Gasteiger partial charge in [0, 0.05) is 0 Å². The third kappa shape index (κ3) is 4.02. The fourth-order valence-corrected chi connectivity index (χ4v) is 8.75. The SMILES string of the molecule is C1=CCC(c2ccc3c([c]2[Zr+2]=[C]2CCCCC2)Cc2ccccc2-3)=C1.[Cl-].[Cl-]. The summed E-state index contributed by atoms with van der Waals surface area (Å²) in [5, 5.41) is 0. The Morgan fingerprint density at radius 2 is 1.56 bits per heavy atom. The van der Waals surface area contributed by atoms with Gasteiger partial charge >= 0.3 is 162 Å². The van der Waals surface area contributed by atoms with Crippen LogP contribution in [-0.2, 0) is 29.2 Å². The van der Waals surface area contributed by atoms with Crippen molar-refractivity contribution in [2.45, 2.75) is 44.9 Å². The van der Waals surface area contributed by atoms with E-state index in [0.29, 0.717) is 0 Å². The first kappa shape index (κ1) is 21.0. The van der Waals surface area contributed by atoms with Crippen molar-refractivity contribution in [2.24, 2.45) is 0 Å². The van der Waals surface area contributed by atoms with Gasteiger partial charge < -0.3 is 24.8 Å². The van der Waals surface area contributed by atoms with E-state index < -0.39 is 22.8 Å². The van der Waals surface area contributed by atoms with Crippen molar-refractivity contribution in [3.8, 4) is 11.1 Å². The van der Waals surface area contributed by atoms with E-state index in [2.05, 4.69) is 54.6 Å². The first-order valence-electron chi connectivity index (χ1n) is 9.62. The molecule has 0 N–H and O–H groups in total. The number of allylic oxidation sites excluding steroid dienone is 4. The van der Waals surface area contributed by atoms with E-state index in [1.54, 1.807) is 20.0 Å². The molecule has 0 spiro atoms. The van der Waals surface area contributed by atoms with E-state index in [0.717, 1.165) is 12.8 Å². The fourth-order valence-electron chi connectivity index (χ4n) is 4.55. The van der Waals surface area contributed by atoms with Crippen LogP contribution >= 0.6 is 0 Å². The van der Waals surface area contributed by atoms with Crippen molar-refractivity contribution in [1.29, 1.82) is 0 Å². The summed E-state index contributed by atoms with van der Waals surface area (Å²) in [4.78, 5) is 0. The zero-order valence-corrected chi connectivity index (χ0v) is 19.4. The average molecular weight is 474 g/mol. The quantitative estimate of drug-likeness (QED) is 0.469. The van der Waals surface area contributed by atoms with Crippen LogP contribution in [0.3, 0.4) is 0 Å². The molecule has 1 saturated carbocycles. The largest absolute Gasteiger partial charge is 1.00 e. The van der Waals surface area contributed by atoms with Gasteiger partial charge in [0.25, 0.3) is 0 Å². The topological polar surface area (TPSA) is 0 Å². The maximum absolute atomic E-state index is 2.44. The third-order valence-electron chi connectivity index (χ3n) is 5.86. The maximum Gasteiger partial charge on any atom is -1.00 e. The van der Waals surface area contributed by atoms with Crippen molar-refractivity contribution < 1.29 is 47.6 Å². The summed E-state index contributed by atoms with van der Waals surface area (Å²) in [6, 6.07) is 13.9. The van der Waals surface area contributed by atoms with Gasteiger partial charge in [-0.05, 0) is 0 Å². The second kappa shape index (κ2) is 9.17. The van der Waals surface area contributed by atoms with Gasteiger partial charge in [0.2, 0.25) is 0 Å². The minimum absolute atomic E-state index is 0. The fraction of sp³-hybridized carbons (Fsp3) is 0.292. The van der Waals surface area contributed by atoms with Gasteiger partial charge in [-0.1, -0.05) is 0 Å². The number of rotatable bonds is 2. The van der Waals surface area contributed by atoms with Crippen molar-refractivity contribution >= 4 is 12.1 Å². The average Bonchev–Trinajstić information content (AvgIpc) is 3.31. The van der Waals surface area contributed by atoms with Gasteiger partial charge in [0.1, 0.15) is 0 Å². The molecule has 0 radical (unpaired) electrons. The molecule has 3 heteroatoms. The summed E-state index contributed by atoms with van der Waals surface area (Å²) in [5.41, 5.74) is 9.35. The molecule has 0 amide bonds. The zero-order chi connectivity index (χ0) is 16.6. The van der Waals surface area contributed by atoms with Crippen molar-refractivity contribution in [3.05, 3.63) is 71.3 Å². The molecule has 3 aliphatic rings. The Kier molecular flexibility index (Phi) is 7.12. The Morgan fingerprint density at radius 1 is 0.778 bits per heavy atom. The minimum Gasteiger partial charge on any atom is -1.00 e. The normalized spacial score (nSPS) is 16.6. The summed E-state index contributed by atoms with van der Waals surface area (Å²) < 4.78 is 3.75. The summed E-state index contributed by atoms with van der Waals surface area (Å²) in [5.74, 6) is 0. The predicted octanol–water partition coefficient (Wildman–Crippen LogP) is -0.547. The Hall–Kier alpha value is -0.747. The molecule has 0 heterocycles. The van der Waals surface area contributed by atoms with Crippen LogP contribution in [0.1, 0.15) is 55.2 Å². The smallest absolute Gasteiger partial charge is 1.00 e. The van der Waals surface area contributed by atoms with Gasteiger partial charge in [0.05, 0.1) is 0 Å². The van der Waals surface area contributed by atoms with E-state index >= 15 is 0 Å². The number of hydrogen-bond donors (Lipinski definition) is 0. The van der Waals surface area contributed by atoms with E-state index in [4.69, 9.17) is 0 Å². The molecule has 0 nitrogen and oxygen atoms in total. The van der Waals surface area contributed by atoms with E-state index in [1.165, 1.54) is 48.8 Å². The standard InChI is InChI=1S/C18H13.C6H10.2ClH.Zr/c1-2-6-13(5-1)14-9-10-18-16(11-14)12-15-7-3-4-8-17(15)18;1-2-4-6-5-3-1;;;/h1-5,7-10H,6,12H2;1-5H2;2*1H;/q;;;;+2/p-2. The Labute approximate surface area is 186 Å². The van der Waals surface area contributed by atoms with Gasteiger partial charge in [0.15, 0.2) is 0 Å². The number of fused-ring (bicyclic) bond motifs is 3. The van der Waals surface area contributed by atoms with Crippen LogP contribution in [0.25, 0.3) is 16.7 Å². The number of hydrogen-bond acceptors (Lipinski definition) is 0. The van der Waals surface area contributed by atoms with Crippen molar-refractivity contribution in [1.82, 2.24) is 0 Å². The van der Waals surface area contributed by atoms with Gasteiger partial charge in [-0.15, -0.1) is 0 Å². The number of benzene rings is 2.